The van der Waals surface area contributed by atoms with Crippen LogP contribution in [0.5, 0.6) is 0 Å². The highest BCUT2D eigenvalue weighted by Gasteiger charge is 2.42. The van der Waals surface area contributed by atoms with Crippen molar-refractivity contribution < 1.29 is 4.42 Å². The van der Waals surface area contributed by atoms with Gasteiger partial charge in [-0.25, -0.2) is 0 Å². The van der Waals surface area contributed by atoms with Gasteiger partial charge in [0.05, 0.1) is 0 Å². The van der Waals surface area contributed by atoms with Crippen LogP contribution in [0.3, 0.4) is 0 Å². The van der Waals surface area contributed by atoms with Gasteiger partial charge in [-0.3, -0.25) is 0 Å². The predicted octanol–water partition coefficient (Wildman–Crippen LogP) is 7.78. The lowest BCUT2D eigenvalue weighted by Crippen LogP contribution is -2.17. The largest absolute Gasteiger partial charge is 0.456 e. The van der Waals surface area contributed by atoms with Gasteiger partial charge >= 0.3 is 0 Å². The smallest absolute Gasteiger partial charge is 0.136 e. The van der Waals surface area contributed by atoms with Crippen molar-refractivity contribution in [2.24, 2.45) is 0 Å². The Morgan fingerprint density at radius 2 is 1.31 bits per heavy atom. The summed E-state index contributed by atoms with van der Waals surface area (Å²) >= 11 is 0. The number of anilines is 1. The zero-order valence-electron chi connectivity index (χ0n) is 18.8. The van der Waals surface area contributed by atoms with E-state index in [2.05, 4.69) is 82.3 Å². The molecule has 156 valence electrons. The van der Waals surface area contributed by atoms with E-state index >= 15 is 0 Å². The second-order valence-electron chi connectivity index (χ2n) is 10.5. The molecule has 0 unspecified atom stereocenters. The lowest BCUT2D eigenvalue weighted by molar-refractivity contribution is 0.651. The summed E-state index contributed by atoms with van der Waals surface area (Å²) in [5.74, 6) is 0. The van der Waals surface area contributed by atoms with Crippen LogP contribution >= 0.6 is 0 Å². The molecule has 7 rings (SSSR count). The van der Waals surface area contributed by atoms with E-state index in [9.17, 15) is 0 Å². The molecule has 2 aliphatic rings. The van der Waals surface area contributed by atoms with Crippen LogP contribution in [0, 0.1) is 0 Å². The minimum atomic E-state index is -0.0890. The molecule has 0 spiro atoms. The van der Waals surface area contributed by atoms with Crippen molar-refractivity contribution in [1.29, 1.82) is 0 Å². The zero-order valence-corrected chi connectivity index (χ0v) is 18.8. The fourth-order valence-corrected chi connectivity index (χ4v) is 6.28. The van der Waals surface area contributed by atoms with Crippen molar-refractivity contribution in [3.8, 4) is 22.3 Å². The van der Waals surface area contributed by atoms with Gasteiger partial charge in [0.25, 0.3) is 0 Å². The van der Waals surface area contributed by atoms with Crippen LogP contribution in [0.15, 0.2) is 71.1 Å². The second kappa shape index (κ2) is 5.45. The van der Waals surface area contributed by atoms with Gasteiger partial charge in [0.15, 0.2) is 0 Å². The topological polar surface area (TPSA) is 39.2 Å². The highest BCUT2D eigenvalue weighted by molar-refractivity contribution is 6.15. The van der Waals surface area contributed by atoms with E-state index in [-0.39, 0.29) is 10.8 Å². The molecule has 2 nitrogen and oxygen atoms in total. The number of fused-ring (bicyclic) bond motifs is 10. The SMILES string of the molecule is CC1(C)c2cc(N)ccc2-c2cc3c(cc21)-c1c(ccc2oc4ccccc4c12)C3(C)C. The van der Waals surface area contributed by atoms with Gasteiger partial charge in [0.2, 0.25) is 0 Å². The predicted molar refractivity (Wildman–Crippen MR) is 133 cm³/mol. The lowest BCUT2D eigenvalue weighted by Gasteiger charge is -2.24. The van der Waals surface area contributed by atoms with E-state index in [1.165, 1.54) is 55.3 Å². The van der Waals surface area contributed by atoms with E-state index < -0.39 is 0 Å². The maximum absolute atomic E-state index is 6.24. The average molecular weight is 416 g/mol. The maximum atomic E-state index is 6.24. The van der Waals surface area contributed by atoms with E-state index in [0.29, 0.717) is 0 Å². The van der Waals surface area contributed by atoms with Crippen molar-refractivity contribution in [2.45, 2.75) is 38.5 Å². The minimum absolute atomic E-state index is 0.0764. The molecule has 4 aromatic carbocycles. The molecule has 1 aromatic heterocycles. The molecule has 0 fully saturated rings. The Balaban J connectivity index is 1.62. The van der Waals surface area contributed by atoms with Gasteiger partial charge in [-0.15, -0.1) is 0 Å². The van der Waals surface area contributed by atoms with Crippen LogP contribution < -0.4 is 5.73 Å². The number of rotatable bonds is 0. The number of benzene rings is 4. The molecular formula is C30H25NO. The van der Waals surface area contributed by atoms with Crippen LogP contribution in [-0.2, 0) is 10.8 Å². The zero-order chi connectivity index (χ0) is 22.0. The van der Waals surface area contributed by atoms with Gasteiger partial charge in [0, 0.05) is 27.3 Å². The van der Waals surface area contributed by atoms with E-state index in [1.807, 2.05) is 12.1 Å². The standard InChI is InChI=1S/C30H25NO/c1-29(2)21-11-12-26-28(18-7-5-6-8-25(18)32-26)27(21)20-15-23-19(14-24(20)29)17-10-9-16(31)13-22(17)30(23,3)4/h5-15H,31H2,1-4H3. The Morgan fingerprint density at radius 3 is 2.16 bits per heavy atom. The highest BCUT2D eigenvalue weighted by atomic mass is 16.3. The van der Waals surface area contributed by atoms with Crippen LogP contribution in [0.4, 0.5) is 5.69 Å². The molecule has 0 aliphatic heterocycles. The number of nitrogen functional groups attached to an aromatic ring is 1. The summed E-state index contributed by atoms with van der Waals surface area (Å²) in [5.41, 5.74) is 19.6. The molecule has 0 saturated carbocycles. The van der Waals surface area contributed by atoms with Gasteiger partial charge in [-0.05, 0) is 80.9 Å². The maximum Gasteiger partial charge on any atom is 0.136 e. The lowest BCUT2D eigenvalue weighted by atomic mass is 9.79. The monoisotopic (exact) mass is 415 g/mol. The Hall–Kier alpha value is -3.52. The number of para-hydroxylation sites is 1. The third-order valence-electron chi connectivity index (χ3n) is 8.00. The minimum Gasteiger partial charge on any atom is -0.456 e. The molecule has 32 heavy (non-hydrogen) atoms. The molecular weight excluding hydrogens is 390 g/mol. The van der Waals surface area contributed by atoms with Gasteiger partial charge in [-0.2, -0.15) is 0 Å². The molecule has 5 aromatic rings. The summed E-state index contributed by atoms with van der Waals surface area (Å²) in [4.78, 5) is 0. The van der Waals surface area contributed by atoms with Crippen molar-refractivity contribution in [2.75, 3.05) is 5.73 Å². The van der Waals surface area contributed by atoms with Gasteiger partial charge < -0.3 is 10.2 Å². The van der Waals surface area contributed by atoms with Crippen LogP contribution in [0.1, 0.15) is 49.9 Å². The Labute approximate surface area is 187 Å². The van der Waals surface area contributed by atoms with E-state index in [1.54, 1.807) is 0 Å². The van der Waals surface area contributed by atoms with Crippen LogP contribution in [0.2, 0.25) is 0 Å². The average Bonchev–Trinajstić information content (AvgIpc) is 3.33. The van der Waals surface area contributed by atoms with Crippen LogP contribution in [0.25, 0.3) is 44.2 Å². The first-order valence-corrected chi connectivity index (χ1v) is 11.3. The molecule has 0 bridgehead atoms. The number of nitrogens with two attached hydrogens (primary N) is 1. The molecule has 0 amide bonds. The summed E-state index contributed by atoms with van der Waals surface area (Å²) in [6, 6.07) is 24.1. The first kappa shape index (κ1) is 18.1. The molecule has 1 heterocycles. The summed E-state index contributed by atoms with van der Waals surface area (Å²) in [5, 5.41) is 2.43. The fraction of sp³-hybridized carbons (Fsp3) is 0.200. The summed E-state index contributed by atoms with van der Waals surface area (Å²) < 4.78 is 6.24. The normalized spacial score (nSPS) is 16.8. The molecule has 2 N–H and O–H groups in total. The van der Waals surface area contributed by atoms with Crippen molar-refractivity contribution >= 4 is 27.6 Å². The highest BCUT2D eigenvalue weighted by Crippen LogP contribution is 2.58. The summed E-state index contributed by atoms with van der Waals surface area (Å²) in [6.07, 6.45) is 0. The molecule has 2 aliphatic carbocycles. The Bertz CT molecular complexity index is 1630. The first-order chi connectivity index (χ1) is 15.3. The quantitative estimate of drug-likeness (QED) is 0.262. The van der Waals surface area contributed by atoms with Crippen molar-refractivity contribution in [3.05, 3.63) is 89.0 Å². The third kappa shape index (κ3) is 1.97. The molecule has 0 atom stereocenters. The Morgan fingerprint density at radius 1 is 0.625 bits per heavy atom. The number of furan rings is 1. The molecule has 2 heteroatoms. The molecule has 0 radical (unpaired) electrons. The second-order valence-corrected chi connectivity index (χ2v) is 10.5. The van der Waals surface area contributed by atoms with Crippen LogP contribution in [-0.4, -0.2) is 0 Å². The third-order valence-corrected chi connectivity index (χ3v) is 8.00. The van der Waals surface area contributed by atoms with Gasteiger partial charge in [-0.1, -0.05) is 58.0 Å². The number of hydrogen-bond donors (Lipinski definition) is 1. The summed E-state index contributed by atoms with van der Waals surface area (Å²) in [6.45, 7) is 9.33. The van der Waals surface area contributed by atoms with E-state index in [4.69, 9.17) is 10.2 Å². The summed E-state index contributed by atoms with van der Waals surface area (Å²) in [7, 11) is 0. The van der Waals surface area contributed by atoms with E-state index in [0.717, 1.165) is 16.9 Å². The number of hydrogen-bond acceptors (Lipinski definition) is 2. The fourth-order valence-electron chi connectivity index (χ4n) is 6.28. The van der Waals surface area contributed by atoms with Crippen molar-refractivity contribution in [3.63, 3.8) is 0 Å². The molecule has 0 saturated heterocycles. The Kier molecular flexibility index (Phi) is 3.08. The van der Waals surface area contributed by atoms with Gasteiger partial charge in [0.1, 0.15) is 11.2 Å². The van der Waals surface area contributed by atoms with Crippen molar-refractivity contribution in [1.82, 2.24) is 0 Å². The first-order valence-electron chi connectivity index (χ1n) is 11.3.